The lowest BCUT2D eigenvalue weighted by Gasteiger charge is -1.99. The maximum absolute atomic E-state index is 9.95. The molecule has 0 amide bonds. The number of carbonyl (C=O) groups is 1. The van der Waals surface area contributed by atoms with Crippen LogP contribution in [0.25, 0.3) is 0 Å². The Bertz CT molecular complexity index is 195. The fourth-order valence-corrected chi connectivity index (χ4v) is 1.54. The van der Waals surface area contributed by atoms with E-state index in [2.05, 4.69) is 6.08 Å². The third kappa shape index (κ3) is 13.1. The lowest BCUT2D eigenvalue weighted by atomic mass is 10.1. The van der Waals surface area contributed by atoms with Crippen molar-refractivity contribution in [2.45, 2.75) is 51.4 Å². The summed E-state index contributed by atoms with van der Waals surface area (Å²) in [5, 5.41) is 8.59. The largest absolute Gasteiger partial charge is 0.396 e. The molecule has 0 aliphatic rings. The highest BCUT2D eigenvalue weighted by atomic mass is 16.2. The summed E-state index contributed by atoms with van der Waals surface area (Å²) in [5.74, 6) is 0. The van der Waals surface area contributed by atoms with Crippen LogP contribution in [0.4, 0.5) is 0 Å². The summed E-state index contributed by atoms with van der Waals surface area (Å²) in [4.78, 5) is 9.95. The zero-order valence-corrected chi connectivity index (χ0v) is 10.1. The molecular weight excluding hydrogens is 200 g/mol. The highest BCUT2D eigenvalue weighted by Crippen LogP contribution is 2.08. The summed E-state index contributed by atoms with van der Waals surface area (Å²) < 4.78 is 0. The van der Waals surface area contributed by atoms with Crippen LogP contribution in [0.15, 0.2) is 24.3 Å². The Hall–Kier alpha value is -0.890. The Morgan fingerprint density at radius 1 is 0.750 bits per heavy atom. The average Bonchev–Trinajstić information content (AvgIpc) is 2.31. The molecular formula is C14H24O2. The molecule has 0 aliphatic heterocycles. The molecule has 0 aromatic heterocycles. The van der Waals surface area contributed by atoms with E-state index >= 15 is 0 Å². The van der Waals surface area contributed by atoms with E-state index in [1.54, 1.807) is 6.08 Å². The minimum Gasteiger partial charge on any atom is -0.396 e. The molecule has 2 heteroatoms. The van der Waals surface area contributed by atoms with Gasteiger partial charge >= 0.3 is 0 Å². The van der Waals surface area contributed by atoms with E-state index in [1.807, 2.05) is 6.08 Å². The summed E-state index contributed by atoms with van der Waals surface area (Å²) in [6, 6.07) is 0. The second-order valence-corrected chi connectivity index (χ2v) is 3.94. The van der Waals surface area contributed by atoms with Gasteiger partial charge in [0.1, 0.15) is 6.29 Å². The minimum absolute atomic E-state index is 0.332. The number of aliphatic hydroxyl groups is 1. The average molecular weight is 224 g/mol. The Kier molecular flexibility index (Phi) is 13.3. The molecule has 0 unspecified atom stereocenters. The van der Waals surface area contributed by atoms with Crippen LogP contribution in [-0.4, -0.2) is 18.0 Å². The van der Waals surface area contributed by atoms with Gasteiger partial charge < -0.3 is 5.11 Å². The molecule has 0 rings (SSSR count). The van der Waals surface area contributed by atoms with E-state index < -0.39 is 0 Å². The first-order chi connectivity index (χ1) is 7.91. The van der Waals surface area contributed by atoms with Crippen LogP contribution in [0.5, 0.6) is 0 Å². The summed E-state index contributed by atoms with van der Waals surface area (Å²) in [6.45, 7) is 0.332. The smallest absolute Gasteiger partial charge is 0.142 e. The fraction of sp³-hybridized carbons (Fsp3) is 0.643. The van der Waals surface area contributed by atoms with Gasteiger partial charge in [-0.3, -0.25) is 4.79 Å². The molecule has 0 atom stereocenters. The standard InChI is InChI=1S/C14H24O2/c15-13-11-9-7-5-3-1-2-4-6-8-10-12-14-16/h5,7,9,11,13,16H,1-4,6,8,10,12,14H2/b7-5+,11-9+. The first kappa shape index (κ1) is 15.1. The number of allylic oxidation sites excluding steroid dienone is 4. The van der Waals surface area contributed by atoms with Crippen LogP contribution >= 0.6 is 0 Å². The second-order valence-electron chi connectivity index (χ2n) is 3.94. The van der Waals surface area contributed by atoms with Crippen molar-refractivity contribution in [2.75, 3.05) is 6.61 Å². The molecule has 0 saturated heterocycles. The number of aldehydes is 1. The Balaban J connectivity index is 3.06. The molecule has 2 nitrogen and oxygen atoms in total. The predicted octanol–water partition coefficient (Wildman–Crippen LogP) is 3.41. The van der Waals surface area contributed by atoms with Crippen molar-refractivity contribution < 1.29 is 9.90 Å². The Morgan fingerprint density at radius 2 is 1.38 bits per heavy atom. The van der Waals surface area contributed by atoms with Crippen molar-refractivity contribution in [2.24, 2.45) is 0 Å². The molecule has 0 heterocycles. The summed E-state index contributed by atoms with van der Waals surface area (Å²) in [5.41, 5.74) is 0. The molecule has 0 spiro atoms. The van der Waals surface area contributed by atoms with Gasteiger partial charge in [0.2, 0.25) is 0 Å². The van der Waals surface area contributed by atoms with Gasteiger partial charge in [-0.05, 0) is 25.3 Å². The second kappa shape index (κ2) is 14.1. The SMILES string of the molecule is O=C/C=C/C=C/CCCCCCCCCO. The Labute approximate surface area is 99.1 Å². The molecule has 0 radical (unpaired) electrons. The fourth-order valence-electron chi connectivity index (χ4n) is 1.54. The number of aliphatic hydroxyl groups excluding tert-OH is 1. The zero-order chi connectivity index (χ0) is 11.9. The number of hydrogen-bond donors (Lipinski definition) is 1. The predicted molar refractivity (Wildman–Crippen MR) is 68.4 cm³/mol. The quantitative estimate of drug-likeness (QED) is 0.253. The van der Waals surface area contributed by atoms with Crippen molar-refractivity contribution in [3.63, 3.8) is 0 Å². The molecule has 0 saturated carbocycles. The van der Waals surface area contributed by atoms with Crippen molar-refractivity contribution in [3.8, 4) is 0 Å². The van der Waals surface area contributed by atoms with Gasteiger partial charge in [-0.2, -0.15) is 0 Å². The van der Waals surface area contributed by atoms with Crippen molar-refractivity contribution in [1.29, 1.82) is 0 Å². The third-order valence-corrected chi connectivity index (χ3v) is 2.47. The van der Waals surface area contributed by atoms with Crippen LogP contribution < -0.4 is 0 Å². The van der Waals surface area contributed by atoms with E-state index in [1.165, 1.54) is 38.2 Å². The van der Waals surface area contributed by atoms with Gasteiger partial charge in [-0.15, -0.1) is 0 Å². The molecule has 0 bridgehead atoms. The molecule has 0 aromatic carbocycles. The van der Waals surface area contributed by atoms with Crippen LogP contribution in [0, 0.1) is 0 Å². The van der Waals surface area contributed by atoms with Gasteiger partial charge in [-0.1, -0.05) is 50.3 Å². The van der Waals surface area contributed by atoms with E-state index in [0.29, 0.717) is 6.61 Å². The maximum atomic E-state index is 9.95. The van der Waals surface area contributed by atoms with Gasteiger partial charge in [0, 0.05) is 6.61 Å². The number of rotatable bonds is 11. The normalized spacial score (nSPS) is 11.6. The molecule has 16 heavy (non-hydrogen) atoms. The van der Waals surface area contributed by atoms with Gasteiger partial charge in [0.25, 0.3) is 0 Å². The highest BCUT2D eigenvalue weighted by molar-refractivity contribution is 5.65. The van der Waals surface area contributed by atoms with Crippen LogP contribution in [0.1, 0.15) is 51.4 Å². The van der Waals surface area contributed by atoms with Crippen LogP contribution in [0.3, 0.4) is 0 Å². The maximum Gasteiger partial charge on any atom is 0.142 e. The summed E-state index contributed by atoms with van der Waals surface area (Å²) in [6.07, 6.45) is 17.6. The number of unbranched alkanes of at least 4 members (excludes halogenated alkanes) is 7. The summed E-state index contributed by atoms with van der Waals surface area (Å²) >= 11 is 0. The monoisotopic (exact) mass is 224 g/mol. The van der Waals surface area contributed by atoms with E-state index in [-0.39, 0.29) is 0 Å². The zero-order valence-electron chi connectivity index (χ0n) is 10.1. The Morgan fingerprint density at radius 3 is 2.00 bits per heavy atom. The number of carbonyl (C=O) groups excluding carboxylic acids is 1. The van der Waals surface area contributed by atoms with Crippen LogP contribution in [0.2, 0.25) is 0 Å². The molecule has 92 valence electrons. The lowest BCUT2D eigenvalue weighted by molar-refractivity contribution is -0.104. The van der Waals surface area contributed by atoms with Gasteiger partial charge in [-0.25, -0.2) is 0 Å². The minimum atomic E-state index is 0.332. The van der Waals surface area contributed by atoms with E-state index in [4.69, 9.17) is 5.11 Å². The van der Waals surface area contributed by atoms with Gasteiger partial charge in [0.15, 0.2) is 0 Å². The highest BCUT2D eigenvalue weighted by Gasteiger charge is 1.90. The molecule has 1 N–H and O–H groups in total. The first-order valence-electron chi connectivity index (χ1n) is 6.29. The summed E-state index contributed by atoms with van der Waals surface area (Å²) in [7, 11) is 0. The topological polar surface area (TPSA) is 37.3 Å². The molecule has 0 aliphatic carbocycles. The van der Waals surface area contributed by atoms with Crippen molar-refractivity contribution >= 4 is 6.29 Å². The lowest BCUT2D eigenvalue weighted by Crippen LogP contribution is -1.83. The third-order valence-electron chi connectivity index (χ3n) is 2.47. The van der Waals surface area contributed by atoms with Gasteiger partial charge in [0.05, 0.1) is 0 Å². The molecule has 0 aromatic rings. The van der Waals surface area contributed by atoms with E-state index in [0.717, 1.165) is 25.5 Å². The van der Waals surface area contributed by atoms with Crippen molar-refractivity contribution in [1.82, 2.24) is 0 Å². The van der Waals surface area contributed by atoms with Crippen molar-refractivity contribution in [3.05, 3.63) is 24.3 Å². The van der Waals surface area contributed by atoms with Crippen LogP contribution in [-0.2, 0) is 4.79 Å². The number of hydrogen-bond acceptors (Lipinski definition) is 2. The first-order valence-corrected chi connectivity index (χ1v) is 6.29. The van der Waals surface area contributed by atoms with E-state index in [9.17, 15) is 4.79 Å². The molecule has 0 fully saturated rings.